The minimum atomic E-state index is 0.383. The molecule has 0 amide bonds. The Hall–Kier alpha value is -2.11. The van der Waals surface area contributed by atoms with Gasteiger partial charge < -0.3 is 0 Å². The smallest absolute Gasteiger partial charge is 0.131 e. The van der Waals surface area contributed by atoms with E-state index in [4.69, 9.17) is 4.98 Å². The molecule has 0 saturated heterocycles. The molecule has 3 heterocycles. The fourth-order valence-electron chi connectivity index (χ4n) is 3.22. The highest BCUT2D eigenvalue weighted by atomic mass is 32.1. The normalized spacial score (nSPS) is 14.7. The van der Waals surface area contributed by atoms with Crippen LogP contribution < -0.4 is 0 Å². The highest BCUT2D eigenvalue weighted by Gasteiger charge is 2.21. The molecule has 0 saturated carbocycles. The molecule has 1 aromatic carbocycles. The van der Waals surface area contributed by atoms with Gasteiger partial charge in [-0.2, -0.15) is 0 Å². The first kappa shape index (κ1) is 16.4. The molecule has 0 atom stereocenters. The van der Waals surface area contributed by atoms with Gasteiger partial charge in [0.1, 0.15) is 5.82 Å². The first-order valence-electron chi connectivity index (χ1n) is 8.75. The SMILES string of the molecule is CC(C)c1ncc2c(n1)CCN(Cc1scnc1-c1ccccc1)C2. The predicted molar refractivity (Wildman–Crippen MR) is 101 cm³/mol. The van der Waals surface area contributed by atoms with Crippen LogP contribution >= 0.6 is 11.3 Å². The first-order chi connectivity index (χ1) is 12.2. The minimum Gasteiger partial charge on any atom is -0.293 e. The van der Waals surface area contributed by atoms with Crippen molar-refractivity contribution in [1.29, 1.82) is 0 Å². The number of thiazole rings is 1. The molecular formula is C20H22N4S. The molecule has 0 fully saturated rings. The molecule has 4 nitrogen and oxygen atoms in total. The third-order valence-electron chi connectivity index (χ3n) is 4.60. The van der Waals surface area contributed by atoms with E-state index in [1.165, 1.54) is 21.7 Å². The van der Waals surface area contributed by atoms with Gasteiger partial charge in [-0.15, -0.1) is 11.3 Å². The summed E-state index contributed by atoms with van der Waals surface area (Å²) in [5.74, 6) is 1.34. The Morgan fingerprint density at radius 2 is 2.00 bits per heavy atom. The summed E-state index contributed by atoms with van der Waals surface area (Å²) < 4.78 is 0. The highest BCUT2D eigenvalue weighted by Crippen LogP contribution is 2.28. The maximum atomic E-state index is 4.76. The Kier molecular flexibility index (Phi) is 4.59. The third kappa shape index (κ3) is 3.48. The topological polar surface area (TPSA) is 41.9 Å². The number of benzene rings is 1. The predicted octanol–water partition coefficient (Wildman–Crippen LogP) is 4.28. The first-order valence-corrected chi connectivity index (χ1v) is 9.63. The molecule has 0 radical (unpaired) electrons. The molecule has 128 valence electrons. The Balaban J connectivity index is 1.52. The van der Waals surface area contributed by atoms with Crippen LogP contribution in [0.5, 0.6) is 0 Å². The van der Waals surface area contributed by atoms with Crippen molar-refractivity contribution in [3.63, 3.8) is 0 Å². The maximum Gasteiger partial charge on any atom is 0.131 e. The van der Waals surface area contributed by atoms with Crippen LogP contribution in [-0.2, 0) is 19.5 Å². The number of aromatic nitrogens is 3. The van der Waals surface area contributed by atoms with Crippen LogP contribution in [0.3, 0.4) is 0 Å². The van der Waals surface area contributed by atoms with Crippen molar-refractivity contribution in [2.75, 3.05) is 6.54 Å². The number of fused-ring (bicyclic) bond motifs is 1. The zero-order valence-electron chi connectivity index (χ0n) is 14.6. The van der Waals surface area contributed by atoms with E-state index in [0.29, 0.717) is 5.92 Å². The molecule has 25 heavy (non-hydrogen) atoms. The van der Waals surface area contributed by atoms with E-state index >= 15 is 0 Å². The van der Waals surface area contributed by atoms with Crippen molar-refractivity contribution in [3.8, 4) is 11.3 Å². The Bertz CT molecular complexity index is 857. The molecular weight excluding hydrogens is 328 g/mol. The zero-order chi connectivity index (χ0) is 17.2. The summed E-state index contributed by atoms with van der Waals surface area (Å²) in [6, 6.07) is 10.4. The van der Waals surface area contributed by atoms with Crippen LogP contribution in [0, 0.1) is 0 Å². The summed E-state index contributed by atoms with van der Waals surface area (Å²) in [6.07, 6.45) is 3.02. The molecule has 0 spiro atoms. The third-order valence-corrected chi connectivity index (χ3v) is 5.42. The van der Waals surface area contributed by atoms with Crippen molar-refractivity contribution < 1.29 is 0 Å². The van der Waals surface area contributed by atoms with Crippen molar-refractivity contribution in [2.24, 2.45) is 0 Å². The van der Waals surface area contributed by atoms with Gasteiger partial charge in [-0.1, -0.05) is 44.2 Å². The van der Waals surface area contributed by atoms with Gasteiger partial charge in [-0.05, 0) is 0 Å². The van der Waals surface area contributed by atoms with Gasteiger partial charge in [-0.3, -0.25) is 4.90 Å². The van der Waals surface area contributed by atoms with Crippen LogP contribution in [0.25, 0.3) is 11.3 Å². The van der Waals surface area contributed by atoms with E-state index in [9.17, 15) is 0 Å². The fourth-order valence-corrected chi connectivity index (χ4v) is 4.05. The quantitative estimate of drug-likeness (QED) is 0.704. The molecule has 1 aliphatic rings. The molecule has 0 N–H and O–H groups in total. The van der Waals surface area contributed by atoms with Crippen molar-refractivity contribution in [2.45, 2.75) is 39.3 Å². The number of hydrogen-bond donors (Lipinski definition) is 0. The molecule has 2 aromatic heterocycles. The number of rotatable bonds is 4. The Morgan fingerprint density at radius 1 is 1.16 bits per heavy atom. The molecule has 1 aliphatic heterocycles. The van der Waals surface area contributed by atoms with Crippen molar-refractivity contribution in [1.82, 2.24) is 19.9 Å². The van der Waals surface area contributed by atoms with E-state index in [1.54, 1.807) is 11.3 Å². The second-order valence-electron chi connectivity index (χ2n) is 6.81. The Labute approximate surface area is 152 Å². The van der Waals surface area contributed by atoms with Gasteiger partial charge in [0.05, 0.1) is 11.2 Å². The molecule has 0 unspecified atom stereocenters. The van der Waals surface area contributed by atoms with Gasteiger partial charge >= 0.3 is 0 Å². The summed E-state index contributed by atoms with van der Waals surface area (Å²) in [5.41, 5.74) is 6.75. The molecule has 5 heteroatoms. The molecule has 0 bridgehead atoms. The van der Waals surface area contributed by atoms with Crippen LogP contribution in [-0.4, -0.2) is 26.4 Å². The Morgan fingerprint density at radius 3 is 2.80 bits per heavy atom. The van der Waals surface area contributed by atoms with Gasteiger partial charge in [0.25, 0.3) is 0 Å². The average Bonchev–Trinajstić information content (AvgIpc) is 3.10. The van der Waals surface area contributed by atoms with Gasteiger partial charge in [0, 0.05) is 59.9 Å². The summed E-state index contributed by atoms with van der Waals surface area (Å²) in [6.45, 7) is 7.17. The standard InChI is InChI=1S/C20H22N4S/c1-14(2)20-21-10-16-11-24(9-8-17(16)23-20)12-18-19(22-13-25-18)15-6-4-3-5-7-15/h3-7,10,13-14H,8-9,11-12H2,1-2H3. The van der Waals surface area contributed by atoms with E-state index in [0.717, 1.165) is 37.6 Å². The lowest BCUT2D eigenvalue weighted by atomic mass is 10.1. The average molecular weight is 350 g/mol. The summed E-state index contributed by atoms with van der Waals surface area (Å²) >= 11 is 1.74. The van der Waals surface area contributed by atoms with E-state index in [1.807, 2.05) is 17.8 Å². The monoisotopic (exact) mass is 350 g/mol. The van der Waals surface area contributed by atoms with Gasteiger partial charge in [-0.25, -0.2) is 15.0 Å². The molecule has 0 aliphatic carbocycles. The largest absolute Gasteiger partial charge is 0.293 e. The molecule has 3 aromatic rings. The van der Waals surface area contributed by atoms with E-state index in [-0.39, 0.29) is 0 Å². The lowest BCUT2D eigenvalue weighted by molar-refractivity contribution is 0.244. The van der Waals surface area contributed by atoms with E-state index < -0.39 is 0 Å². The summed E-state index contributed by atoms with van der Waals surface area (Å²) in [4.78, 5) is 17.7. The lowest BCUT2D eigenvalue weighted by Gasteiger charge is -2.28. The van der Waals surface area contributed by atoms with Crippen LogP contribution in [0.2, 0.25) is 0 Å². The second kappa shape index (κ2) is 7.02. The van der Waals surface area contributed by atoms with Gasteiger partial charge in [0.2, 0.25) is 0 Å². The van der Waals surface area contributed by atoms with E-state index in [2.05, 4.69) is 53.0 Å². The minimum absolute atomic E-state index is 0.383. The number of hydrogen-bond acceptors (Lipinski definition) is 5. The lowest BCUT2D eigenvalue weighted by Crippen LogP contribution is -2.31. The van der Waals surface area contributed by atoms with Crippen LogP contribution in [0.1, 0.15) is 41.7 Å². The van der Waals surface area contributed by atoms with Crippen LogP contribution in [0.15, 0.2) is 42.0 Å². The van der Waals surface area contributed by atoms with Crippen molar-refractivity contribution in [3.05, 3.63) is 64.0 Å². The second-order valence-corrected chi connectivity index (χ2v) is 7.74. The van der Waals surface area contributed by atoms with Crippen LogP contribution in [0.4, 0.5) is 0 Å². The summed E-state index contributed by atoms with van der Waals surface area (Å²) in [5, 5.41) is 0. The van der Waals surface area contributed by atoms with Gasteiger partial charge in [0.15, 0.2) is 0 Å². The van der Waals surface area contributed by atoms with Crippen molar-refractivity contribution >= 4 is 11.3 Å². The zero-order valence-corrected chi connectivity index (χ0v) is 15.5. The maximum absolute atomic E-state index is 4.76. The number of nitrogens with zero attached hydrogens (tertiary/aromatic N) is 4. The highest BCUT2D eigenvalue weighted by molar-refractivity contribution is 7.10. The fraction of sp³-hybridized carbons (Fsp3) is 0.350. The summed E-state index contributed by atoms with van der Waals surface area (Å²) in [7, 11) is 0. The molecule has 4 rings (SSSR count).